The normalized spacial score (nSPS) is 17.6. The molecular weight excluding hydrogens is 450 g/mol. The number of fused-ring (bicyclic) bond motifs is 4. The van der Waals surface area contributed by atoms with Gasteiger partial charge in [0.25, 0.3) is 5.56 Å². The molecule has 0 spiro atoms. The Hall–Kier alpha value is -2.12. The number of thioether (sulfide) groups is 1. The first-order valence-corrected chi connectivity index (χ1v) is 13.8. The highest BCUT2D eigenvalue weighted by Gasteiger charge is 2.31. The van der Waals surface area contributed by atoms with E-state index in [1.54, 1.807) is 11.3 Å². The van der Waals surface area contributed by atoms with Gasteiger partial charge in [0.2, 0.25) is 5.91 Å². The SMILES string of the molecule is CC(C)CCn1c(SCC(=O)N2c3ccccc3CC2C)nc2sc3c(c2c1=O)CCCC3. The lowest BCUT2D eigenvalue weighted by atomic mass is 9.97. The van der Waals surface area contributed by atoms with Crippen molar-refractivity contribution < 1.29 is 4.79 Å². The molecule has 0 saturated heterocycles. The summed E-state index contributed by atoms with van der Waals surface area (Å²) >= 11 is 3.09. The molecule has 1 atom stereocenters. The molecule has 0 radical (unpaired) electrons. The Morgan fingerprint density at radius 2 is 2.03 bits per heavy atom. The molecule has 0 fully saturated rings. The Bertz CT molecular complexity index is 1260. The van der Waals surface area contributed by atoms with Crippen LogP contribution in [0, 0.1) is 5.92 Å². The molecular formula is C26H31N3O2S2. The smallest absolute Gasteiger partial charge is 0.263 e. The van der Waals surface area contributed by atoms with Gasteiger partial charge in [-0.15, -0.1) is 11.3 Å². The van der Waals surface area contributed by atoms with Crippen molar-refractivity contribution in [1.82, 2.24) is 9.55 Å². The van der Waals surface area contributed by atoms with Gasteiger partial charge in [0.1, 0.15) is 4.83 Å². The van der Waals surface area contributed by atoms with Gasteiger partial charge in [-0.3, -0.25) is 14.2 Å². The summed E-state index contributed by atoms with van der Waals surface area (Å²) < 4.78 is 1.84. The van der Waals surface area contributed by atoms with Crippen LogP contribution >= 0.6 is 23.1 Å². The Morgan fingerprint density at radius 3 is 2.85 bits per heavy atom. The van der Waals surface area contributed by atoms with Crippen molar-refractivity contribution in [2.75, 3.05) is 10.7 Å². The third-order valence-electron chi connectivity index (χ3n) is 6.77. The average molecular weight is 482 g/mol. The molecule has 0 N–H and O–H groups in total. The number of anilines is 1. The van der Waals surface area contributed by atoms with Crippen LogP contribution < -0.4 is 10.5 Å². The molecule has 5 nitrogen and oxygen atoms in total. The molecule has 1 aliphatic heterocycles. The van der Waals surface area contributed by atoms with E-state index in [1.807, 2.05) is 27.7 Å². The Labute approximate surface area is 203 Å². The fourth-order valence-corrected chi connectivity index (χ4v) is 7.24. The maximum atomic E-state index is 13.6. The first-order valence-electron chi connectivity index (χ1n) is 12.0. The van der Waals surface area contributed by atoms with Crippen LogP contribution in [0.5, 0.6) is 0 Å². The summed E-state index contributed by atoms with van der Waals surface area (Å²) in [5.74, 6) is 0.849. The number of hydrogen-bond donors (Lipinski definition) is 0. The van der Waals surface area contributed by atoms with Gasteiger partial charge < -0.3 is 4.90 Å². The van der Waals surface area contributed by atoms with E-state index in [0.717, 1.165) is 48.0 Å². The Kier molecular flexibility index (Phi) is 6.36. The molecule has 2 aromatic heterocycles. The lowest BCUT2D eigenvalue weighted by molar-refractivity contribution is -0.116. The van der Waals surface area contributed by atoms with Gasteiger partial charge in [-0.05, 0) is 68.6 Å². The van der Waals surface area contributed by atoms with Crippen molar-refractivity contribution in [3.8, 4) is 0 Å². The first-order chi connectivity index (χ1) is 15.9. The number of aromatic nitrogens is 2. The van der Waals surface area contributed by atoms with E-state index in [4.69, 9.17) is 4.98 Å². The van der Waals surface area contributed by atoms with Crippen LogP contribution in [0.3, 0.4) is 0 Å². The van der Waals surface area contributed by atoms with Crippen molar-refractivity contribution in [3.63, 3.8) is 0 Å². The summed E-state index contributed by atoms with van der Waals surface area (Å²) in [6.07, 6.45) is 6.16. The van der Waals surface area contributed by atoms with Crippen molar-refractivity contribution in [2.24, 2.45) is 5.92 Å². The fourth-order valence-electron chi connectivity index (χ4n) is 5.06. The van der Waals surface area contributed by atoms with E-state index in [2.05, 4.69) is 26.8 Å². The van der Waals surface area contributed by atoms with E-state index in [9.17, 15) is 9.59 Å². The zero-order chi connectivity index (χ0) is 23.1. The summed E-state index contributed by atoms with van der Waals surface area (Å²) in [6.45, 7) is 7.09. The minimum Gasteiger partial charge on any atom is -0.308 e. The number of nitrogens with zero attached hydrogens (tertiary/aromatic N) is 3. The number of benzene rings is 1. The van der Waals surface area contributed by atoms with Gasteiger partial charge in [-0.1, -0.05) is 43.8 Å². The molecule has 5 rings (SSSR count). The maximum absolute atomic E-state index is 13.6. The highest BCUT2D eigenvalue weighted by molar-refractivity contribution is 7.99. The number of para-hydroxylation sites is 1. The van der Waals surface area contributed by atoms with E-state index in [0.29, 0.717) is 17.6 Å². The van der Waals surface area contributed by atoms with E-state index in [1.165, 1.54) is 34.2 Å². The Morgan fingerprint density at radius 1 is 1.24 bits per heavy atom. The van der Waals surface area contributed by atoms with Crippen molar-refractivity contribution in [1.29, 1.82) is 0 Å². The predicted molar refractivity (Wildman–Crippen MR) is 138 cm³/mol. The molecule has 3 heterocycles. The molecule has 3 aromatic rings. The molecule has 1 unspecified atom stereocenters. The van der Waals surface area contributed by atoms with Crippen LogP contribution in [-0.4, -0.2) is 27.3 Å². The fraction of sp³-hybridized carbons (Fsp3) is 0.500. The second-order valence-electron chi connectivity index (χ2n) is 9.66. The summed E-state index contributed by atoms with van der Waals surface area (Å²) in [6, 6.07) is 8.30. The summed E-state index contributed by atoms with van der Waals surface area (Å²) in [5.41, 5.74) is 3.55. The molecule has 0 saturated carbocycles. The van der Waals surface area contributed by atoms with Crippen molar-refractivity contribution in [3.05, 3.63) is 50.6 Å². The number of carbonyl (C=O) groups excluding carboxylic acids is 1. The van der Waals surface area contributed by atoms with Crippen LogP contribution in [0.15, 0.2) is 34.2 Å². The topological polar surface area (TPSA) is 55.2 Å². The average Bonchev–Trinajstić information content (AvgIpc) is 3.33. The molecule has 2 aliphatic rings. The van der Waals surface area contributed by atoms with Crippen LogP contribution in [-0.2, 0) is 30.6 Å². The third-order valence-corrected chi connectivity index (χ3v) is 8.92. The number of carbonyl (C=O) groups is 1. The van der Waals surface area contributed by atoms with Gasteiger partial charge in [0.05, 0.1) is 11.1 Å². The van der Waals surface area contributed by atoms with Crippen LogP contribution in [0.4, 0.5) is 5.69 Å². The van der Waals surface area contributed by atoms with E-state index < -0.39 is 0 Å². The zero-order valence-electron chi connectivity index (χ0n) is 19.6. The second-order valence-corrected chi connectivity index (χ2v) is 11.7. The van der Waals surface area contributed by atoms with E-state index >= 15 is 0 Å². The van der Waals surface area contributed by atoms with Crippen LogP contribution in [0.25, 0.3) is 10.2 Å². The van der Waals surface area contributed by atoms with Gasteiger partial charge in [0, 0.05) is 23.2 Å². The molecule has 174 valence electrons. The highest BCUT2D eigenvalue weighted by atomic mass is 32.2. The largest absolute Gasteiger partial charge is 0.308 e. The van der Waals surface area contributed by atoms with Crippen molar-refractivity contribution >= 4 is 44.9 Å². The summed E-state index contributed by atoms with van der Waals surface area (Å²) in [7, 11) is 0. The number of hydrogen-bond acceptors (Lipinski definition) is 5. The molecule has 1 amide bonds. The number of rotatable bonds is 6. The lowest BCUT2D eigenvalue weighted by Crippen LogP contribution is -2.37. The van der Waals surface area contributed by atoms with Gasteiger partial charge in [-0.2, -0.15) is 0 Å². The molecule has 7 heteroatoms. The molecule has 0 bridgehead atoms. The molecule has 1 aromatic carbocycles. The van der Waals surface area contributed by atoms with Crippen LogP contribution in [0.1, 0.15) is 56.0 Å². The maximum Gasteiger partial charge on any atom is 0.263 e. The minimum atomic E-state index is 0.0766. The van der Waals surface area contributed by atoms with Gasteiger partial charge >= 0.3 is 0 Å². The Balaban J connectivity index is 1.46. The van der Waals surface area contributed by atoms with Gasteiger partial charge in [0.15, 0.2) is 5.16 Å². The monoisotopic (exact) mass is 481 g/mol. The standard InChI is InChI=1S/C26H31N3O2S2/c1-16(2)12-13-28-25(31)23-19-9-5-7-11-21(19)33-24(23)27-26(28)32-15-22(30)29-17(3)14-18-8-4-6-10-20(18)29/h4,6,8,10,16-17H,5,7,9,11-15H2,1-3H3. The predicted octanol–water partition coefficient (Wildman–Crippen LogP) is 5.45. The highest BCUT2D eigenvalue weighted by Crippen LogP contribution is 2.36. The number of amides is 1. The second kappa shape index (κ2) is 9.26. The summed E-state index contributed by atoms with van der Waals surface area (Å²) in [5, 5.41) is 1.51. The van der Waals surface area contributed by atoms with Crippen molar-refractivity contribution in [2.45, 2.75) is 77.0 Å². The number of aryl methyl sites for hydroxylation is 2. The quantitative estimate of drug-likeness (QED) is 0.347. The van der Waals surface area contributed by atoms with Gasteiger partial charge in [-0.25, -0.2) is 4.98 Å². The van der Waals surface area contributed by atoms with E-state index in [-0.39, 0.29) is 23.3 Å². The minimum absolute atomic E-state index is 0.0766. The molecule has 33 heavy (non-hydrogen) atoms. The summed E-state index contributed by atoms with van der Waals surface area (Å²) in [4.78, 5) is 36.0. The first kappa shape index (κ1) is 22.7. The van der Waals surface area contributed by atoms with Crippen LogP contribution in [0.2, 0.25) is 0 Å². The number of thiophene rings is 1. The lowest BCUT2D eigenvalue weighted by Gasteiger charge is -2.23. The molecule has 1 aliphatic carbocycles. The third kappa shape index (κ3) is 4.26. The zero-order valence-corrected chi connectivity index (χ0v) is 21.2.